The first kappa shape index (κ1) is 46.9. The summed E-state index contributed by atoms with van der Waals surface area (Å²) in [5, 5.41) is 9.46. The first-order valence-corrected chi connectivity index (χ1v) is 24.6. The van der Waals surface area contributed by atoms with E-state index in [1.807, 2.05) is 49.5 Å². The number of para-hydroxylation sites is 2. The van der Waals surface area contributed by atoms with Crippen LogP contribution in [0.5, 0.6) is 0 Å². The Kier molecular flexibility index (Phi) is 12.5. The number of imidazole rings is 1. The lowest BCUT2D eigenvalue weighted by molar-refractivity contribution is -0.266. The number of nitrogens with one attached hydrogen (secondary N) is 2. The lowest BCUT2D eigenvalue weighted by Crippen LogP contribution is -2.61. The highest BCUT2D eigenvalue weighted by Gasteiger charge is 2.55. The maximum Gasteiger partial charge on any atom is 0.329 e. The molecular weight excluding hydrogens is 911 g/mol. The smallest absolute Gasteiger partial charge is 0.329 e. The molecule has 5 atom stereocenters. The van der Waals surface area contributed by atoms with E-state index in [0.29, 0.717) is 71.2 Å². The Morgan fingerprint density at radius 2 is 1.48 bits per heavy atom. The standard InChI is InChI=1S/C53H59N7O11/c1-53-49(66-4)40(29-43(71-53)59-35-13-7-5-11-32(35)45-46-34(30-54-51(46)64)44-33-12-6-8-14-36(33)60(53)48(44)47(45)59)56(2)42(62)19-21-68-23-25-70-27-26-69-24-22-67-20-9-10-31-15-16-37-39(28-31)57(3)52(65)58(37)38-17-18-41(61)55-50(38)63/h5-8,11-16,28,38,40,43,49H,9-10,17-27,29-30H2,1-4H3,(H,54,64)(H,55,61,63)/t38?,40?,43-,49-,53+/m1/s1. The number of imide groups is 1. The Labute approximate surface area is 408 Å². The van der Waals surface area contributed by atoms with Crippen LogP contribution in [0.1, 0.15) is 72.8 Å². The van der Waals surface area contributed by atoms with Crippen LogP contribution in [0.2, 0.25) is 0 Å². The van der Waals surface area contributed by atoms with E-state index in [-0.39, 0.29) is 48.9 Å². The van der Waals surface area contributed by atoms with Crippen molar-refractivity contribution in [1.29, 1.82) is 0 Å². The van der Waals surface area contributed by atoms with Gasteiger partial charge in [-0.05, 0) is 61.6 Å². The average molecular weight is 970 g/mol. The van der Waals surface area contributed by atoms with Crippen molar-refractivity contribution in [2.75, 3.05) is 67.0 Å². The van der Waals surface area contributed by atoms with Gasteiger partial charge in [-0.1, -0.05) is 42.5 Å². The molecule has 3 aromatic heterocycles. The highest BCUT2D eigenvalue weighted by atomic mass is 16.6. The number of hydrogen-bond donors (Lipinski definition) is 2. The van der Waals surface area contributed by atoms with E-state index in [1.165, 1.54) is 4.57 Å². The van der Waals surface area contributed by atoms with Crippen molar-refractivity contribution in [2.24, 2.45) is 7.05 Å². The average Bonchev–Trinajstić information content (AvgIpc) is 4.08. The van der Waals surface area contributed by atoms with Gasteiger partial charge in [-0.25, -0.2) is 4.79 Å². The van der Waals surface area contributed by atoms with Gasteiger partial charge in [0.15, 0.2) is 5.72 Å². The maximum absolute atomic E-state index is 14.0. The number of hydrogen-bond acceptors (Lipinski definition) is 11. The molecule has 7 aromatic rings. The maximum atomic E-state index is 14.0. The van der Waals surface area contributed by atoms with Gasteiger partial charge in [0, 0.05) is 68.7 Å². The van der Waals surface area contributed by atoms with Crippen LogP contribution in [0.15, 0.2) is 71.5 Å². The number of carbonyl (C=O) groups is 4. The minimum atomic E-state index is -1.04. The van der Waals surface area contributed by atoms with Crippen LogP contribution >= 0.6 is 0 Å². The Morgan fingerprint density at radius 1 is 0.803 bits per heavy atom. The molecule has 0 aliphatic carbocycles. The molecule has 2 N–H and O–H groups in total. The van der Waals surface area contributed by atoms with Gasteiger partial charge in [0.1, 0.15) is 18.4 Å². The minimum absolute atomic E-state index is 0.0668. The van der Waals surface area contributed by atoms with E-state index in [4.69, 9.17) is 28.4 Å². The molecule has 2 saturated heterocycles. The van der Waals surface area contributed by atoms with Crippen molar-refractivity contribution in [2.45, 2.75) is 82.1 Å². The number of nitrogens with zero attached hydrogens (tertiary/aromatic N) is 5. The molecule has 18 heteroatoms. The second kappa shape index (κ2) is 19.0. The van der Waals surface area contributed by atoms with Crippen molar-refractivity contribution in [3.05, 3.63) is 93.9 Å². The fourth-order valence-electron chi connectivity index (χ4n) is 11.8. The summed E-state index contributed by atoms with van der Waals surface area (Å²) in [5.41, 5.74) is 6.75. The molecule has 2 bridgehead atoms. The third-order valence-corrected chi connectivity index (χ3v) is 15.1. The number of fused-ring (bicyclic) bond motifs is 14. The van der Waals surface area contributed by atoms with Crippen LogP contribution in [0.25, 0.3) is 54.6 Å². The van der Waals surface area contributed by atoms with Crippen LogP contribution in [-0.4, -0.2) is 126 Å². The number of benzene rings is 4. The number of rotatable bonds is 19. The summed E-state index contributed by atoms with van der Waals surface area (Å²) < 4.78 is 44.3. The third kappa shape index (κ3) is 7.82. The Hall–Kier alpha value is -6.41. The Balaban J connectivity index is 0.637. The molecule has 4 aliphatic heterocycles. The predicted octanol–water partition coefficient (Wildman–Crippen LogP) is 5.31. The van der Waals surface area contributed by atoms with E-state index in [9.17, 15) is 24.0 Å². The topological polar surface area (TPSA) is 188 Å². The lowest BCUT2D eigenvalue weighted by atomic mass is 9.91. The van der Waals surface area contributed by atoms with Gasteiger partial charge < -0.3 is 47.8 Å². The minimum Gasteiger partial charge on any atom is -0.379 e. The summed E-state index contributed by atoms with van der Waals surface area (Å²) in [6.45, 7) is 5.67. The van der Waals surface area contributed by atoms with E-state index in [1.54, 1.807) is 23.6 Å². The first-order chi connectivity index (χ1) is 34.5. The van der Waals surface area contributed by atoms with Gasteiger partial charge in [0.25, 0.3) is 5.91 Å². The van der Waals surface area contributed by atoms with Crippen LogP contribution in [0, 0.1) is 0 Å². The van der Waals surface area contributed by atoms with Crippen LogP contribution in [-0.2, 0) is 68.5 Å². The van der Waals surface area contributed by atoms with Gasteiger partial charge in [-0.2, -0.15) is 0 Å². The van der Waals surface area contributed by atoms with E-state index >= 15 is 0 Å². The molecule has 71 heavy (non-hydrogen) atoms. The fraction of sp³-hybridized carbons (Fsp3) is 0.453. The Bertz CT molecular complexity index is 3330. The predicted molar refractivity (Wildman–Crippen MR) is 264 cm³/mol. The lowest BCUT2D eigenvalue weighted by Gasteiger charge is -2.50. The number of ether oxygens (including phenoxy) is 6. The summed E-state index contributed by atoms with van der Waals surface area (Å²) in [4.78, 5) is 66.7. The largest absolute Gasteiger partial charge is 0.379 e. The zero-order valence-electron chi connectivity index (χ0n) is 40.5. The monoisotopic (exact) mass is 969 g/mol. The van der Waals surface area contributed by atoms with Gasteiger partial charge in [0.2, 0.25) is 17.7 Å². The fourth-order valence-corrected chi connectivity index (χ4v) is 11.8. The number of piperidine rings is 1. The Morgan fingerprint density at radius 3 is 2.20 bits per heavy atom. The summed E-state index contributed by atoms with van der Waals surface area (Å²) in [6, 6.07) is 21.2. The summed E-state index contributed by atoms with van der Waals surface area (Å²) in [7, 11) is 5.22. The van der Waals surface area contributed by atoms with Crippen LogP contribution < -0.4 is 16.3 Å². The van der Waals surface area contributed by atoms with Gasteiger partial charge >= 0.3 is 5.69 Å². The molecule has 0 saturated carbocycles. The summed E-state index contributed by atoms with van der Waals surface area (Å²) >= 11 is 0. The normalized spacial score (nSPS) is 21.8. The molecular formula is C53H59N7O11. The zero-order chi connectivity index (χ0) is 49.1. The molecule has 0 radical (unpaired) electrons. The number of aromatic nitrogens is 4. The molecule has 2 unspecified atom stereocenters. The molecule has 372 valence electrons. The van der Waals surface area contributed by atoms with Crippen molar-refractivity contribution >= 4 is 78.3 Å². The van der Waals surface area contributed by atoms with Crippen LogP contribution in [0.4, 0.5) is 0 Å². The molecule has 18 nitrogen and oxygen atoms in total. The van der Waals surface area contributed by atoms with E-state index in [0.717, 1.165) is 78.7 Å². The highest BCUT2D eigenvalue weighted by Crippen LogP contribution is 2.54. The second-order valence-corrected chi connectivity index (χ2v) is 19.1. The van der Waals surface area contributed by atoms with Crippen molar-refractivity contribution in [1.82, 2.24) is 33.8 Å². The van der Waals surface area contributed by atoms with Gasteiger partial charge in [-0.3, -0.25) is 33.6 Å². The molecule has 4 amide bonds. The molecule has 11 rings (SSSR count). The second-order valence-electron chi connectivity index (χ2n) is 19.1. The van der Waals surface area contributed by atoms with E-state index < -0.39 is 30.0 Å². The SMILES string of the molecule is CO[C@@H]1C(N(C)C(=O)CCOCCOCCOCCOCCCc2ccc3c(c2)n(C)c(=O)n3C2CCC(=O)NC2=O)C[C@H]2O[C@]1(C)n1c3ccccc3c3c4c(c5c6ccccc6n2c5c31)C(=O)NC4. The number of methoxy groups -OCH3 is 1. The van der Waals surface area contributed by atoms with Gasteiger partial charge in [-0.15, -0.1) is 0 Å². The number of aryl methyl sites for hydroxylation is 2. The molecule has 4 aliphatic rings. The molecule has 2 fully saturated rings. The highest BCUT2D eigenvalue weighted by molar-refractivity contribution is 6.31. The zero-order valence-corrected chi connectivity index (χ0v) is 40.5. The number of amides is 4. The van der Waals surface area contributed by atoms with Crippen LogP contribution in [0.3, 0.4) is 0 Å². The summed E-state index contributed by atoms with van der Waals surface area (Å²) in [6.07, 6.45) is 1.67. The molecule has 7 heterocycles. The molecule has 4 aromatic carbocycles. The first-order valence-electron chi connectivity index (χ1n) is 24.6. The van der Waals surface area contributed by atoms with Crippen molar-refractivity contribution in [3.63, 3.8) is 0 Å². The molecule has 0 spiro atoms. The van der Waals surface area contributed by atoms with Gasteiger partial charge in [0.05, 0.1) is 97.4 Å². The summed E-state index contributed by atoms with van der Waals surface area (Å²) in [5.74, 6) is -0.903. The van der Waals surface area contributed by atoms with Crippen molar-refractivity contribution in [3.8, 4) is 0 Å². The third-order valence-electron chi connectivity index (χ3n) is 15.1. The van der Waals surface area contributed by atoms with E-state index in [2.05, 4.69) is 51.0 Å². The van der Waals surface area contributed by atoms with Crippen molar-refractivity contribution < 1.29 is 47.6 Å². The quantitative estimate of drug-likeness (QED) is 0.0790. The number of carbonyl (C=O) groups excluding carboxylic acids is 4. The number of likely N-dealkylation sites (N-methyl/N-ethyl adjacent to an activating group) is 1.